The van der Waals surface area contributed by atoms with Crippen LogP contribution in [0.5, 0.6) is 0 Å². The van der Waals surface area contributed by atoms with Crippen molar-refractivity contribution in [1.29, 1.82) is 0 Å². The molecule has 1 aliphatic rings. The van der Waals surface area contributed by atoms with Gasteiger partial charge in [-0.05, 0) is 49.0 Å². The van der Waals surface area contributed by atoms with E-state index in [0.29, 0.717) is 0 Å². The molecule has 1 aromatic heterocycles. The molecule has 24 heavy (non-hydrogen) atoms. The summed E-state index contributed by atoms with van der Waals surface area (Å²) in [6, 6.07) is 17.0. The van der Waals surface area contributed by atoms with E-state index in [0.717, 1.165) is 43.4 Å². The topological polar surface area (TPSA) is 23.5 Å². The van der Waals surface area contributed by atoms with Crippen LogP contribution in [0.15, 0.2) is 48.5 Å². The molecular formula is C19H22N3OS+. The minimum absolute atomic E-state index is 0.833. The standard InChI is InChI=1S/C19H21N3OS/c1-15-5-4-6-16(13-15)22-18-8-3-2-7-17(18)21(19(22)24)14-20-9-11-23-12-10-20/h2-8,13H,9-12,14H2,1H3/p+1. The first-order chi connectivity index (χ1) is 11.7. The number of aromatic nitrogens is 2. The molecule has 2 heterocycles. The highest BCUT2D eigenvalue weighted by atomic mass is 32.1. The summed E-state index contributed by atoms with van der Waals surface area (Å²) in [5.74, 6) is 0. The van der Waals surface area contributed by atoms with Gasteiger partial charge in [-0.3, -0.25) is 9.13 Å². The second-order valence-electron chi connectivity index (χ2n) is 6.39. The second-order valence-corrected chi connectivity index (χ2v) is 6.76. The molecule has 124 valence electrons. The Hall–Kier alpha value is -1.95. The van der Waals surface area contributed by atoms with E-state index in [1.807, 2.05) is 0 Å². The van der Waals surface area contributed by atoms with Gasteiger partial charge in [0.25, 0.3) is 0 Å². The van der Waals surface area contributed by atoms with Crippen molar-refractivity contribution in [2.75, 3.05) is 26.3 Å². The highest BCUT2D eigenvalue weighted by Crippen LogP contribution is 2.22. The lowest BCUT2D eigenvalue weighted by atomic mass is 10.2. The number of ether oxygens (including phenoxy) is 1. The van der Waals surface area contributed by atoms with Crippen molar-refractivity contribution >= 4 is 23.3 Å². The molecule has 0 saturated carbocycles. The zero-order chi connectivity index (χ0) is 16.5. The van der Waals surface area contributed by atoms with Gasteiger partial charge in [0.1, 0.15) is 13.1 Å². The Morgan fingerprint density at radius 2 is 1.79 bits per heavy atom. The number of hydrogen-bond acceptors (Lipinski definition) is 2. The van der Waals surface area contributed by atoms with Crippen LogP contribution < -0.4 is 4.90 Å². The summed E-state index contributed by atoms with van der Waals surface area (Å²) in [5, 5.41) is 0. The van der Waals surface area contributed by atoms with Gasteiger partial charge in [0.2, 0.25) is 0 Å². The maximum Gasteiger partial charge on any atom is 0.189 e. The average Bonchev–Trinajstić information content (AvgIpc) is 2.88. The number of fused-ring (bicyclic) bond motifs is 1. The lowest BCUT2D eigenvalue weighted by Gasteiger charge is -2.24. The number of morpholine rings is 1. The Balaban J connectivity index is 1.86. The number of para-hydroxylation sites is 2. The minimum atomic E-state index is 0.833. The van der Waals surface area contributed by atoms with Gasteiger partial charge in [0.05, 0.1) is 24.2 Å². The second kappa shape index (κ2) is 6.51. The molecule has 0 amide bonds. The van der Waals surface area contributed by atoms with Crippen LogP contribution >= 0.6 is 12.2 Å². The van der Waals surface area contributed by atoms with E-state index in [-0.39, 0.29) is 0 Å². The molecule has 0 atom stereocenters. The van der Waals surface area contributed by atoms with Crippen LogP contribution in [0, 0.1) is 11.7 Å². The van der Waals surface area contributed by atoms with Crippen molar-refractivity contribution < 1.29 is 9.64 Å². The molecule has 1 saturated heterocycles. The molecule has 2 aromatic carbocycles. The molecule has 0 aliphatic carbocycles. The Bertz CT molecular complexity index is 922. The minimum Gasteiger partial charge on any atom is -0.370 e. The summed E-state index contributed by atoms with van der Waals surface area (Å²) >= 11 is 5.87. The third-order valence-electron chi connectivity index (χ3n) is 4.68. The van der Waals surface area contributed by atoms with Gasteiger partial charge in [-0.1, -0.05) is 24.3 Å². The molecule has 0 spiro atoms. The van der Waals surface area contributed by atoms with E-state index >= 15 is 0 Å². The SMILES string of the molecule is Cc1cccc(-n2c(=S)n(C[NH+]3CCOCC3)c3ccccc32)c1. The fourth-order valence-electron chi connectivity index (χ4n) is 3.42. The number of quaternary nitrogens is 1. The molecule has 0 unspecified atom stereocenters. The van der Waals surface area contributed by atoms with Crippen LogP contribution in [0.3, 0.4) is 0 Å². The lowest BCUT2D eigenvalue weighted by Crippen LogP contribution is -3.13. The van der Waals surface area contributed by atoms with Gasteiger partial charge in [0.15, 0.2) is 11.4 Å². The van der Waals surface area contributed by atoms with Crippen LogP contribution in [-0.2, 0) is 11.4 Å². The van der Waals surface area contributed by atoms with Gasteiger partial charge in [0, 0.05) is 5.69 Å². The van der Waals surface area contributed by atoms with Gasteiger partial charge in [-0.15, -0.1) is 0 Å². The molecule has 4 nitrogen and oxygen atoms in total. The number of nitrogens with one attached hydrogen (secondary N) is 1. The summed E-state index contributed by atoms with van der Waals surface area (Å²) in [6.45, 7) is 6.74. The number of imidazole rings is 1. The maximum atomic E-state index is 5.87. The fraction of sp³-hybridized carbons (Fsp3) is 0.316. The Morgan fingerprint density at radius 1 is 1.04 bits per heavy atom. The maximum absolute atomic E-state index is 5.87. The van der Waals surface area contributed by atoms with E-state index in [1.165, 1.54) is 21.5 Å². The average molecular weight is 340 g/mol. The van der Waals surface area contributed by atoms with Gasteiger partial charge in [-0.2, -0.15) is 0 Å². The number of rotatable bonds is 3. The number of nitrogens with zero attached hydrogens (tertiary/aromatic N) is 2. The molecule has 0 radical (unpaired) electrons. The quantitative estimate of drug-likeness (QED) is 0.740. The molecule has 1 N–H and O–H groups in total. The summed E-state index contributed by atoms with van der Waals surface area (Å²) < 4.78 is 10.8. The summed E-state index contributed by atoms with van der Waals surface area (Å²) in [7, 11) is 0. The van der Waals surface area contributed by atoms with Crippen LogP contribution in [-0.4, -0.2) is 35.4 Å². The van der Waals surface area contributed by atoms with Crippen molar-refractivity contribution in [3.05, 3.63) is 58.9 Å². The van der Waals surface area contributed by atoms with Gasteiger partial charge < -0.3 is 9.64 Å². The summed E-state index contributed by atoms with van der Waals surface area (Å²) in [5.41, 5.74) is 4.74. The van der Waals surface area contributed by atoms with E-state index < -0.39 is 0 Å². The fourth-order valence-corrected chi connectivity index (χ4v) is 3.79. The molecule has 4 rings (SSSR count). The van der Waals surface area contributed by atoms with E-state index in [1.54, 1.807) is 0 Å². The predicted octanol–water partition coefficient (Wildman–Crippen LogP) is 2.34. The highest BCUT2D eigenvalue weighted by Gasteiger charge is 2.18. The summed E-state index contributed by atoms with van der Waals surface area (Å²) in [6.07, 6.45) is 0. The van der Waals surface area contributed by atoms with Crippen LogP contribution in [0.25, 0.3) is 16.7 Å². The van der Waals surface area contributed by atoms with Crippen molar-refractivity contribution in [3.8, 4) is 5.69 Å². The van der Waals surface area contributed by atoms with Crippen molar-refractivity contribution in [2.45, 2.75) is 13.6 Å². The number of hydrogen-bond donors (Lipinski definition) is 1. The van der Waals surface area contributed by atoms with Gasteiger partial charge in [-0.25, -0.2) is 0 Å². The highest BCUT2D eigenvalue weighted by molar-refractivity contribution is 7.71. The zero-order valence-electron chi connectivity index (χ0n) is 13.9. The molecule has 1 aliphatic heterocycles. The number of aryl methyl sites for hydroxylation is 1. The van der Waals surface area contributed by atoms with Crippen molar-refractivity contribution in [3.63, 3.8) is 0 Å². The Labute approximate surface area is 146 Å². The van der Waals surface area contributed by atoms with E-state index in [4.69, 9.17) is 17.0 Å². The predicted molar refractivity (Wildman–Crippen MR) is 98.4 cm³/mol. The van der Waals surface area contributed by atoms with Crippen molar-refractivity contribution in [1.82, 2.24) is 9.13 Å². The monoisotopic (exact) mass is 340 g/mol. The smallest absolute Gasteiger partial charge is 0.189 e. The molecule has 3 aromatic rings. The van der Waals surface area contributed by atoms with Crippen LogP contribution in [0.4, 0.5) is 0 Å². The zero-order valence-corrected chi connectivity index (χ0v) is 14.7. The Kier molecular flexibility index (Phi) is 4.22. The largest absolute Gasteiger partial charge is 0.370 e. The third kappa shape index (κ3) is 2.79. The molecule has 5 heteroatoms. The van der Waals surface area contributed by atoms with Gasteiger partial charge >= 0.3 is 0 Å². The lowest BCUT2D eigenvalue weighted by molar-refractivity contribution is -0.930. The number of benzene rings is 2. The Morgan fingerprint density at radius 3 is 2.54 bits per heavy atom. The van der Waals surface area contributed by atoms with Crippen LogP contribution in [0.1, 0.15) is 5.56 Å². The van der Waals surface area contributed by atoms with Crippen LogP contribution in [0.2, 0.25) is 0 Å². The first kappa shape index (κ1) is 15.6. The van der Waals surface area contributed by atoms with E-state index in [9.17, 15) is 0 Å². The molecular weight excluding hydrogens is 318 g/mol. The first-order valence-electron chi connectivity index (χ1n) is 8.43. The molecule has 1 fully saturated rings. The third-order valence-corrected chi connectivity index (χ3v) is 5.08. The van der Waals surface area contributed by atoms with Crippen molar-refractivity contribution in [2.24, 2.45) is 0 Å². The van der Waals surface area contributed by atoms with E-state index in [2.05, 4.69) is 64.6 Å². The normalized spacial score (nSPS) is 15.9. The first-order valence-corrected chi connectivity index (χ1v) is 8.83. The summed E-state index contributed by atoms with van der Waals surface area (Å²) in [4.78, 5) is 1.52. The molecule has 0 bridgehead atoms.